The van der Waals surface area contributed by atoms with Crippen LogP contribution in [0, 0.1) is 6.92 Å². The summed E-state index contributed by atoms with van der Waals surface area (Å²) in [6, 6.07) is 1.20. The Balaban J connectivity index is 1.89. The molecule has 6 heteroatoms. The summed E-state index contributed by atoms with van der Waals surface area (Å²) in [5, 5.41) is 12.0. The highest BCUT2D eigenvalue weighted by Gasteiger charge is 2.23. The van der Waals surface area contributed by atoms with E-state index in [9.17, 15) is 9.59 Å². The van der Waals surface area contributed by atoms with Crippen molar-refractivity contribution in [2.24, 2.45) is 0 Å². The van der Waals surface area contributed by atoms with Gasteiger partial charge in [0.2, 0.25) is 5.91 Å². The van der Waals surface area contributed by atoms with Gasteiger partial charge in [0.15, 0.2) is 0 Å². The van der Waals surface area contributed by atoms with Gasteiger partial charge in [0.1, 0.15) is 17.1 Å². The number of carbonyl (C=O) groups excluding carboxylic acids is 1. The van der Waals surface area contributed by atoms with E-state index in [2.05, 4.69) is 5.32 Å². The molecular weight excluding hydrogens is 260 g/mol. The number of hydrogen-bond acceptors (Lipinski definition) is 4. The molecule has 1 aliphatic heterocycles. The number of hydrogen-bond donors (Lipinski definition) is 2. The number of carboxylic acid groups (broad SMARTS) is 1. The van der Waals surface area contributed by atoms with Crippen LogP contribution in [0.15, 0.2) is 10.5 Å². The molecular formula is C14H20N2O4. The first-order chi connectivity index (χ1) is 9.49. The van der Waals surface area contributed by atoms with Crippen LogP contribution in [-0.4, -0.2) is 41.0 Å². The first-order valence-corrected chi connectivity index (χ1v) is 6.84. The molecule has 1 aromatic rings. The second-order valence-electron chi connectivity index (χ2n) is 5.12. The summed E-state index contributed by atoms with van der Waals surface area (Å²) >= 11 is 0. The van der Waals surface area contributed by atoms with Crippen molar-refractivity contribution >= 4 is 11.9 Å². The van der Waals surface area contributed by atoms with E-state index in [1.54, 1.807) is 6.92 Å². The fourth-order valence-electron chi connectivity index (χ4n) is 2.40. The van der Waals surface area contributed by atoms with Crippen LogP contribution >= 0.6 is 0 Å². The van der Waals surface area contributed by atoms with Crippen LogP contribution < -0.4 is 5.32 Å². The Morgan fingerprint density at radius 2 is 2.10 bits per heavy atom. The van der Waals surface area contributed by atoms with Crippen molar-refractivity contribution in [3.63, 3.8) is 0 Å². The molecule has 1 aromatic heterocycles. The lowest BCUT2D eigenvalue weighted by Crippen LogP contribution is -2.43. The van der Waals surface area contributed by atoms with Crippen LogP contribution in [0.2, 0.25) is 0 Å². The number of nitrogens with zero attached hydrogens (tertiary/aromatic N) is 1. The molecule has 0 aromatic carbocycles. The second kappa shape index (κ2) is 6.09. The molecule has 1 unspecified atom stereocenters. The maximum absolute atomic E-state index is 12.1. The van der Waals surface area contributed by atoms with E-state index in [1.807, 2.05) is 11.8 Å². The van der Waals surface area contributed by atoms with Crippen molar-refractivity contribution in [2.45, 2.75) is 39.3 Å². The predicted molar refractivity (Wildman–Crippen MR) is 72.5 cm³/mol. The summed E-state index contributed by atoms with van der Waals surface area (Å²) in [6.45, 7) is 5.43. The van der Waals surface area contributed by atoms with Crippen LogP contribution in [0.25, 0.3) is 0 Å². The van der Waals surface area contributed by atoms with Gasteiger partial charge in [-0.1, -0.05) is 0 Å². The zero-order chi connectivity index (χ0) is 14.7. The number of nitrogens with one attached hydrogen (secondary N) is 1. The molecule has 1 saturated heterocycles. The van der Waals surface area contributed by atoms with E-state index < -0.39 is 5.97 Å². The molecule has 1 amide bonds. The van der Waals surface area contributed by atoms with Crippen molar-refractivity contribution in [1.82, 2.24) is 10.2 Å². The Kier molecular flexibility index (Phi) is 4.44. The van der Waals surface area contributed by atoms with Crippen molar-refractivity contribution in [3.05, 3.63) is 23.2 Å². The standard InChI is InChI=1S/C14H20N2O4/c1-9(13(17)16-5-3-4-6-16)15-8-11-7-12(14(18)19)10(2)20-11/h7,9,15H,3-6,8H2,1-2H3,(H,18,19). The minimum Gasteiger partial charge on any atom is -0.478 e. The van der Waals surface area contributed by atoms with Crippen LogP contribution in [0.4, 0.5) is 0 Å². The normalized spacial score (nSPS) is 16.4. The van der Waals surface area contributed by atoms with E-state index in [-0.39, 0.29) is 17.5 Å². The third-order valence-electron chi connectivity index (χ3n) is 3.57. The number of carbonyl (C=O) groups is 2. The molecule has 2 heterocycles. The fourth-order valence-corrected chi connectivity index (χ4v) is 2.40. The SMILES string of the molecule is Cc1oc(CNC(C)C(=O)N2CCCC2)cc1C(=O)O. The lowest BCUT2D eigenvalue weighted by molar-refractivity contribution is -0.132. The molecule has 0 aliphatic carbocycles. The molecule has 0 radical (unpaired) electrons. The minimum absolute atomic E-state index is 0.0873. The van der Waals surface area contributed by atoms with Crippen LogP contribution in [0.3, 0.4) is 0 Å². The van der Waals surface area contributed by atoms with Gasteiger partial charge in [-0.15, -0.1) is 0 Å². The minimum atomic E-state index is -1.00. The maximum Gasteiger partial charge on any atom is 0.339 e. The van der Waals surface area contributed by atoms with E-state index in [1.165, 1.54) is 6.07 Å². The lowest BCUT2D eigenvalue weighted by atomic mass is 10.2. The Morgan fingerprint density at radius 3 is 2.65 bits per heavy atom. The monoisotopic (exact) mass is 280 g/mol. The van der Waals surface area contributed by atoms with Gasteiger partial charge in [-0.05, 0) is 32.8 Å². The lowest BCUT2D eigenvalue weighted by Gasteiger charge is -2.20. The number of furan rings is 1. The fraction of sp³-hybridized carbons (Fsp3) is 0.571. The highest BCUT2D eigenvalue weighted by Crippen LogP contribution is 2.15. The van der Waals surface area contributed by atoms with E-state index >= 15 is 0 Å². The highest BCUT2D eigenvalue weighted by molar-refractivity contribution is 5.88. The highest BCUT2D eigenvalue weighted by atomic mass is 16.4. The molecule has 1 aliphatic rings. The van der Waals surface area contributed by atoms with Gasteiger partial charge in [0, 0.05) is 13.1 Å². The number of aryl methyl sites for hydroxylation is 1. The summed E-state index contributed by atoms with van der Waals surface area (Å²) in [5.74, 6) is -0.00304. The molecule has 20 heavy (non-hydrogen) atoms. The number of carboxylic acids is 1. The van der Waals surface area contributed by atoms with Crippen LogP contribution in [0.5, 0.6) is 0 Å². The van der Waals surface area contributed by atoms with E-state index in [4.69, 9.17) is 9.52 Å². The third-order valence-corrected chi connectivity index (χ3v) is 3.57. The van der Waals surface area contributed by atoms with Crippen molar-refractivity contribution < 1.29 is 19.1 Å². The number of amides is 1. The summed E-state index contributed by atoms with van der Waals surface area (Å²) < 4.78 is 5.36. The Labute approximate surface area is 117 Å². The van der Waals surface area contributed by atoms with Crippen LogP contribution in [0.1, 0.15) is 41.6 Å². The van der Waals surface area contributed by atoms with Crippen molar-refractivity contribution in [3.8, 4) is 0 Å². The molecule has 1 fully saturated rings. The van der Waals surface area contributed by atoms with Gasteiger partial charge in [-0.2, -0.15) is 0 Å². The van der Waals surface area contributed by atoms with Gasteiger partial charge in [-0.3, -0.25) is 10.1 Å². The Morgan fingerprint density at radius 1 is 1.45 bits per heavy atom. The van der Waals surface area contributed by atoms with E-state index in [0.29, 0.717) is 18.1 Å². The smallest absolute Gasteiger partial charge is 0.339 e. The topological polar surface area (TPSA) is 82.8 Å². The van der Waals surface area contributed by atoms with Gasteiger partial charge < -0.3 is 14.4 Å². The first-order valence-electron chi connectivity index (χ1n) is 6.84. The number of likely N-dealkylation sites (tertiary alicyclic amines) is 1. The molecule has 2 N–H and O–H groups in total. The molecule has 0 spiro atoms. The van der Waals surface area contributed by atoms with Gasteiger partial charge in [0.05, 0.1) is 12.6 Å². The Bertz CT molecular complexity index is 503. The summed E-state index contributed by atoms with van der Waals surface area (Å²) in [6.07, 6.45) is 2.13. The van der Waals surface area contributed by atoms with Gasteiger partial charge >= 0.3 is 5.97 Å². The molecule has 0 bridgehead atoms. The summed E-state index contributed by atoms with van der Waals surface area (Å²) in [4.78, 5) is 24.9. The van der Waals surface area contributed by atoms with Crippen molar-refractivity contribution in [1.29, 1.82) is 0 Å². The number of rotatable bonds is 5. The third kappa shape index (κ3) is 3.19. The second-order valence-corrected chi connectivity index (χ2v) is 5.12. The summed E-state index contributed by atoms with van der Waals surface area (Å²) in [7, 11) is 0. The number of aromatic carboxylic acids is 1. The quantitative estimate of drug-likeness (QED) is 0.851. The molecule has 0 saturated carbocycles. The van der Waals surface area contributed by atoms with Crippen molar-refractivity contribution in [2.75, 3.05) is 13.1 Å². The average molecular weight is 280 g/mol. The Hall–Kier alpha value is -1.82. The maximum atomic E-state index is 12.1. The predicted octanol–water partition coefficient (Wildman–Crippen LogP) is 1.39. The van der Waals surface area contributed by atoms with Crippen LogP contribution in [-0.2, 0) is 11.3 Å². The molecule has 110 valence electrons. The molecule has 6 nitrogen and oxygen atoms in total. The van der Waals surface area contributed by atoms with Gasteiger partial charge in [-0.25, -0.2) is 4.79 Å². The molecule has 2 rings (SSSR count). The average Bonchev–Trinajstić information content (AvgIpc) is 3.04. The largest absolute Gasteiger partial charge is 0.478 e. The first kappa shape index (κ1) is 14.6. The molecule has 1 atom stereocenters. The zero-order valence-electron chi connectivity index (χ0n) is 11.8. The van der Waals surface area contributed by atoms with E-state index in [0.717, 1.165) is 25.9 Å². The zero-order valence-corrected chi connectivity index (χ0v) is 11.8. The summed E-state index contributed by atoms with van der Waals surface area (Å²) in [5.41, 5.74) is 0.167. The van der Waals surface area contributed by atoms with Gasteiger partial charge in [0.25, 0.3) is 0 Å².